The number of hydrogen-bond donors (Lipinski definition) is 0. The summed E-state index contributed by atoms with van der Waals surface area (Å²) in [5, 5.41) is 8.66. The van der Waals surface area contributed by atoms with Crippen molar-refractivity contribution in [1.82, 2.24) is 15.1 Å². The highest BCUT2D eigenvalue weighted by molar-refractivity contribution is 5.92. The summed E-state index contributed by atoms with van der Waals surface area (Å²) >= 11 is 0. The van der Waals surface area contributed by atoms with Gasteiger partial charge in [-0.1, -0.05) is 26.8 Å². The number of hydrogen-bond acceptors (Lipinski definition) is 6. The largest absolute Gasteiger partial charge is 0.465 e. The molecule has 2 aromatic carbocycles. The standard InChI is InChI=1S/C30H33N3O4/c1-6-7-22-15-23(18-33-17-20(4)14-29(33)34)28(16-25(22)30(35)36-5)37-24-10-8-21(9-11-24)27-13-12-26(19(2)3)31-32-27/h6,8-13,15-16,19-20H,1,7,14,17-18H2,2-5H3/t20-/m0/s1. The van der Waals surface area contributed by atoms with Crippen LogP contribution in [0.1, 0.15) is 60.3 Å². The zero-order valence-corrected chi connectivity index (χ0v) is 21.9. The Morgan fingerprint density at radius 1 is 1.14 bits per heavy atom. The Morgan fingerprint density at radius 3 is 2.46 bits per heavy atom. The molecule has 0 bridgehead atoms. The fraction of sp³-hybridized carbons (Fsp3) is 0.333. The first-order chi connectivity index (χ1) is 17.8. The van der Waals surface area contributed by atoms with Crippen LogP contribution < -0.4 is 4.74 Å². The number of rotatable bonds is 9. The maximum atomic E-state index is 12.5. The van der Waals surface area contributed by atoms with Gasteiger partial charge in [-0.2, -0.15) is 10.2 Å². The molecule has 4 rings (SSSR count). The maximum Gasteiger partial charge on any atom is 0.338 e. The van der Waals surface area contributed by atoms with Crippen LogP contribution in [0.5, 0.6) is 11.5 Å². The minimum atomic E-state index is -0.446. The van der Waals surface area contributed by atoms with Crippen molar-refractivity contribution in [1.29, 1.82) is 0 Å². The molecular formula is C30H33N3O4. The van der Waals surface area contributed by atoms with Gasteiger partial charge >= 0.3 is 5.97 Å². The van der Waals surface area contributed by atoms with Crippen LogP contribution in [0.25, 0.3) is 11.3 Å². The number of methoxy groups -OCH3 is 1. The van der Waals surface area contributed by atoms with Crippen molar-refractivity contribution in [3.05, 3.63) is 83.6 Å². The predicted octanol–water partition coefficient (Wildman–Crippen LogP) is 5.94. The molecule has 1 fully saturated rings. The second-order valence-corrected chi connectivity index (χ2v) is 9.81. The highest BCUT2D eigenvalue weighted by atomic mass is 16.5. The van der Waals surface area contributed by atoms with E-state index in [1.807, 2.05) is 47.4 Å². The summed E-state index contributed by atoms with van der Waals surface area (Å²) in [6.07, 6.45) is 2.77. The van der Waals surface area contributed by atoms with Crippen LogP contribution in [0.2, 0.25) is 0 Å². The third-order valence-corrected chi connectivity index (χ3v) is 6.48. The van der Waals surface area contributed by atoms with Gasteiger partial charge in [0.1, 0.15) is 11.5 Å². The number of esters is 1. The smallest absolute Gasteiger partial charge is 0.338 e. The van der Waals surface area contributed by atoms with Crippen LogP contribution >= 0.6 is 0 Å². The van der Waals surface area contributed by atoms with Gasteiger partial charge in [-0.15, -0.1) is 6.58 Å². The number of ether oxygens (including phenoxy) is 2. The van der Waals surface area contributed by atoms with Crippen molar-refractivity contribution in [2.24, 2.45) is 5.92 Å². The summed E-state index contributed by atoms with van der Waals surface area (Å²) < 4.78 is 11.3. The minimum Gasteiger partial charge on any atom is -0.465 e. The van der Waals surface area contributed by atoms with E-state index in [0.717, 1.165) is 28.1 Å². The molecule has 0 unspecified atom stereocenters. The van der Waals surface area contributed by atoms with Gasteiger partial charge in [0.2, 0.25) is 5.91 Å². The summed E-state index contributed by atoms with van der Waals surface area (Å²) in [7, 11) is 1.36. The summed E-state index contributed by atoms with van der Waals surface area (Å²) in [5.41, 5.74) is 4.67. The van der Waals surface area contributed by atoms with Crippen molar-refractivity contribution in [3.8, 4) is 22.8 Å². The lowest BCUT2D eigenvalue weighted by Gasteiger charge is -2.21. The van der Waals surface area contributed by atoms with Gasteiger partial charge in [-0.05, 0) is 72.4 Å². The molecule has 3 aromatic rings. The Hall–Kier alpha value is -4.00. The summed E-state index contributed by atoms with van der Waals surface area (Å²) in [6.45, 7) is 11.1. The Labute approximate surface area is 218 Å². The van der Waals surface area contributed by atoms with Crippen LogP contribution in [0.4, 0.5) is 0 Å². The molecule has 1 aliphatic heterocycles. The number of likely N-dealkylation sites (tertiary alicyclic amines) is 1. The molecule has 0 radical (unpaired) electrons. The van der Waals surface area contributed by atoms with Crippen molar-refractivity contribution in [2.75, 3.05) is 13.7 Å². The summed E-state index contributed by atoms with van der Waals surface area (Å²) in [4.78, 5) is 26.9. The van der Waals surface area contributed by atoms with Gasteiger partial charge in [0.05, 0.1) is 24.1 Å². The fourth-order valence-electron chi connectivity index (χ4n) is 4.47. The number of carbonyl (C=O) groups excluding carboxylic acids is 2. The van der Waals surface area contributed by atoms with Gasteiger partial charge in [0.25, 0.3) is 0 Å². The van der Waals surface area contributed by atoms with Crippen LogP contribution in [0.15, 0.2) is 61.2 Å². The van der Waals surface area contributed by atoms with Crippen molar-refractivity contribution in [2.45, 2.75) is 46.1 Å². The van der Waals surface area contributed by atoms with Crippen molar-refractivity contribution >= 4 is 11.9 Å². The SMILES string of the molecule is C=CCc1cc(CN2C[C@@H](C)CC2=O)c(Oc2ccc(-c3ccc(C(C)C)nn3)cc2)cc1C(=O)OC. The zero-order chi connectivity index (χ0) is 26.5. The Morgan fingerprint density at radius 2 is 1.89 bits per heavy atom. The van der Waals surface area contributed by atoms with E-state index in [-0.39, 0.29) is 5.91 Å². The molecule has 1 saturated heterocycles. The maximum absolute atomic E-state index is 12.5. The summed E-state index contributed by atoms with van der Waals surface area (Å²) in [6, 6.07) is 15.1. The monoisotopic (exact) mass is 499 g/mol. The van der Waals surface area contributed by atoms with E-state index in [2.05, 4.69) is 37.5 Å². The number of carbonyl (C=O) groups is 2. The number of nitrogens with zero attached hydrogens (tertiary/aromatic N) is 3. The first kappa shape index (κ1) is 26.1. The van der Waals surface area contributed by atoms with Gasteiger partial charge in [-0.3, -0.25) is 4.79 Å². The second-order valence-electron chi connectivity index (χ2n) is 9.81. The zero-order valence-electron chi connectivity index (χ0n) is 21.9. The summed E-state index contributed by atoms with van der Waals surface area (Å²) in [5.74, 6) is 1.41. The lowest BCUT2D eigenvalue weighted by atomic mass is 9.99. The minimum absolute atomic E-state index is 0.120. The molecule has 7 heteroatoms. The quantitative estimate of drug-likeness (QED) is 0.268. The van der Waals surface area contributed by atoms with Gasteiger partial charge in [0.15, 0.2) is 0 Å². The molecule has 0 aliphatic carbocycles. The van der Waals surface area contributed by atoms with Crippen molar-refractivity contribution in [3.63, 3.8) is 0 Å². The van der Waals surface area contributed by atoms with Crippen molar-refractivity contribution < 1.29 is 19.1 Å². The van der Waals surface area contributed by atoms with Crippen LogP contribution in [0.3, 0.4) is 0 Å². The average molecular weight is 500 g/mol. The molecule has 192 valence electrons. The van der Waals surface area contributed by atoms with E-state index in [1.54, 1.807) is 12.1 Å². The lowest BCUT2D eigenvalue weighted by molar-refractivity contribution is -0.128. The van der Waals surface area contributed by atoms with E-state index in [0.29, 0.717) is 54.8 Å². The van der Waals surface area contributed by atoms with Crippen LogP contribution in [-0.2, 0) is 22.5 Å². The number of aromatic nitrogens is 2. The van der Waals surface area contributed by atoms with E-state index in [1.165, 1.54) is 7.11 Å². The van der Waals surface area contributed by atoms with Crippen LogP contribution in [0, 0.1) is 5.92 Å². The molecule has 7 nitrogen and oxygen atoms in total. The topological polar surface area (TPSA) is 81.6 Å². The molecule has 2 heterocycles. The highest BCUT2D eigenvalue weighted by Gasteiger charge is 2.28. The first-order valence-corrected chi connectivity index (χ1v) is 12.5. The third kappa shape index (κ3) is 6.05. The Bertz CT molecular complexity index is 1280. The normalized spacial score (nSPS) is 15.2. The molecule has 1 aromatic heterocycles. The van der Waals surface area contributed by atoms with Gasteiger partial charge in [0, 0.05) is 30.6 Å². The molecule has 37 heavy (non-hydrogen) atoms. The molecule has 1 atom stereocenters. The van der Waals surface area contributed by atoms with Gasteiger partial charge in [-0.25, -0.2) is 4.79 Å². The van der Waals surface area contributed by atoms with E-state index < -0.39 is 5.97 Å². The number of allylic oxidation sites excluding steroid dienone is 1. The van der Waals surface area contributed by atoms with E-state index in [4.69, 9.17) is 9.47 Å². The van der Waals surface area contributed by atoms with E-state index in [9.17, 15) is 9.59 Å². The predicted molar refractivity (Wildman–Crippen MR) is 143 cm³/mol. The first-order valence-electron chi connectivity index (χ1n) is 12.5. The Balaban J connectivity index is 1.65. The second kappa shape index (κ2) is 11.4. The molecule has 1 amide bonds. The number of amides is 1. The highest BCUT2D eigenvalue weighted by Crippen LogP contribution is 2.33. The molecule has 1 aliphatic rings. The molecule has 0 saturated carbocycles. The van der Waals surface area contributed by atoms with E-state index >= 15 is 0 Å². The molecular weight excluding hydrogens is 466 g/mol. The number of benzene rings is 2. The molecule has 0 spiro atoms. The molecule has 0 N–H and O–H groups in total. The fourth-order valence-corrected chi connectivity index (χ4v) is 4.47. The van der Waals surface area contributed by atoms with Gasteiger partial charge < -0.3 is 14.4 Å². The Kier molecular flexibility index (Phi) is 8.01. The third-order valence-electron chi connectivity index (χ3n) is 6.48. The lowest BCUT2D eigenvalue weighted by Crippen LogP contribution is -2.25. The van der Waals surface area contributed by atoms with Crippen LogP contribution in [-0.4, -0.2) is 40.6 Å². The average Bonchev–Trinajstić information content (AvgIpc) is 3.21.